The van der Waals surface area contributed by atoms with Gasteiger partial charge in [-0.1, -0.05) is 12.1 Å². The van der Waals surface area contributed by atoms with Gasteiger partial charge in [0.1, 0.15) is 5.01 Å². The highest BCUT2D eigenvalue weighted by atomic mass is 32.1. The molecule has 0 fully saturated rings. The molecule has 114 valence electrons. The Morgan fingerprint density at radius 3 is 3.00 bits per heavy atom. The highest BCUT2D eigenvalue weighted by molar-refractivity contribution is 7.09. The Labute approximate surface area is 128 Å². The summed E-state index contributed by atoms with van der Waals surface area (Å²) < 4.78 is 18.9. The van der Waals surface area contributed by atoms with Crippen LogP contribution in [0.25, 0.3) is 0 Å². The molecule has 8 heteroatoms. The Morgan fingerprint density at radius 2 is 2.32 bits per heavy atom. The molecule has 2 aromatic rings. The van der Waals surface area contributed by atoms with Gasteiger partial charge in [0, 0.05) is 17.4 Å². The third kappa shape index (κ3) is 2.77. The summed E-state index contributed by atoms with van der Waals surface area (Å²) in [5, 5.41) is 13.3. The molecule has 3 rings (SSSR count). The molecule has 2 N–H and O–H groups in total. The van der Waals surface area contributed by atoms with Gasteiger partial charge in [-0.2, -0.15) is 0 Å². The minimum atomic E-state index is -1.11. The highest BCUT2D eigenvalue weighted by Gasteiger charge is 2.31. The number of aromatic carboxylic acids is 1. The molecule has 0 unspecified atom stereocenters. The second-order valence-corrected chi connectivity index (χ2v) is 5.63. The molecule has 1 aromatic carbocycles. The zero-order valence-electron chi connectivity index (χ0n) is 11.2. The smallest absolute Gasteiger partial charge is 0.355 e. The number of carboxylic acid groups (broad SMARTS) is 1. The van der Waals surface area contributed by atoms with Crippen LogP contribution in [0.4, 0.5) is 4.39 Å². The van der Waals surface area contributed by atoms with Crippen LogP contribution in [0, 0.1) is 5.82 Å². The second kappa shape index (κ2) is 5.72. The molecular weight excluding hydrogens is 311 g/mol. The summed E-state index contributed by atoms with van der Waals surface area (Å²) in [7, 11) is 0. The molecule has 0 spiro atoms. The molecule has 1 amide bonds. The molecular formula is C14H11FN2O4S. The van der Waals surface area contributed by atoms with E-state index < -0.39 is 17.9 Å². The maximum Gasteiger partial charge on any atom is 0.355 e. The minimum Gasteiger partial charge on any atom is -0.477 e. The predicted molar refractivity (Wildman–Crippen MR) is 75.4 cm³/mol. The van der Waals surface area contributed by atoms with Gasteiger partial charge < -0.3 is 15.2 Å². The van der Waals surface area contributed by atoms with Crippen molar-refractivity contribution < 1.29 is 23.8 Å². The first kappa shape index (κ1) is 14.5. The van der Waals surface area contributed by atoms with E-state index in [1.807, 2.05) is 0 Å². The van der Waals surface area contributed by atoms with Crippen molar-refractivity contribution in [1.29, 1.82) is 0 Å². The first-order valence-corrected chi connectivity index (χ1v) is 7.32. The summed E-state index contributed by atoms with van der Waals surface area (Å²) in [5.41, 5.74) is 0.600. The molecule has 1 aromatic heterocycles. The number of aromatic nitrogens is 1. The summed E-state index contributed by atoms with van der Waals surface area (Å²) >= 11 is 1.14. The molecule has 1 aliphatic rings. The number of rotatable bonds is 4. The normalized spacial score (nSPS) is 16.0. The quantitative estimate of drug-likeness (QED) is 0.892. The van der Waals surface area contributed by atoms with Crippen molar-refractivity contribution in [3.05, 3.63) is 45.7 Å². The van der Waals surface area contributed by atoms with Gasteiger partial charge in [-0.3, -0.25) is 4.79 Å². The maximum atomic E-state index is 13.5. The number of ether oxygens (including phenoxy) is 1. The third-order valence-electron chi connectivity index (χ3n) is 3.19. The van der Waals surface area contributed by atoms with Crippen molar-refractivity contribution in [2.75, 3.05) is 0 Å². The van der Waals surface area contributed by atoms with E-state index in [9.17, 15) is 14.0 Å². The van der Waals surface area contributed by atoms with Crippen LogP contribution in [0.5, 0.6) is 5.75 Å². The highest BCUT2D eigenvalue weighted by Crippen LogP contribution is 2.31. The van der Waals surface area contributed by atoms with Crippen LogP contribution in [0.3, 0.4) is 0 Å². The number of nitrogens with zero attached hydrogens (tertiary/aromatic N) is 1. The number of carbonyl (C=O) groups is 2. The summed E-state index contributed by atoms with van der Waals surface area (Å²) in [4.78, 5) is 26.6. The second-order valence-electron chi connectivity index (χ2n) is 4.69. The molecule has 0 bridgehead atoms. The van der Waals surface area contributed by atoms with Gasteiger partial charge in [0.2, 0.25) is 0 Å². The van der Waals surface area contributed by atoms with E-state index in [4.69, 9.17) is 9.84 Å². The Kier molecular flexibility index (Phi) is 3.76. The van der Waals surface area contributed by atoms with E-state index in [0.29, 0.717) is 17.0 Å². The number of benzene rings is 1. The zero-order valence-corrected chi connectivity index (χ0v) is 12.0. The van der Waals surface area contributed by atoms with E-state index in [0.717, 1.165) is 11.3 Å². The van der Waals surface area contributed by atoms with Crippen LogP contribution in [0.1, 0.15) is 21.1 Å². The Bertz CT molecular complexity index is 746. The number of hydrogen-bond donors (Lipinski definition) is 2. The van der Waals surface area contributed by atoms with Crippen LogP contribution in [-0.2, 0) is 17.8 Å². The summed E-state index contributed by atoms with van der Waals surface area (Å²) in [6.45, 7) is 0.107. The number of halogens is 1. The molecule has 0 radical (unpaired) electrons. The first-order valence-electron chi connectivity index (χ1n) is 6.44. The monoisotopic (exact) mass is 322 g/mol. The van der Waals surface area contributed by atoms with E-state index in [2.05, 4.69) is 10.3 Å². The number of thiazole rings is 1. The molecule has 1 atom stereocenters. The van der Waals surface area contributed by atoms with Crippen LogP contribution in [0.15, 0.2) is 23.6 Å². The maximum absolute atomic E-state index is 13.5. The molecule has 1 aliphatic heterocycles. The number of fused-ring (bicyclic) bond motifs is 1. The lowest BCUT2D eigenvalue weighted by Crippen LogP contribution is -2.37. The largest absolute Gasteiger partial charge is 0.477 e. The van der Waals surface area contributed by atoms with E-state index in [1.165, 1.54) is 11.4 Å². The molecule has 2 heterocycles. The average Bonchev–Trinajstić information content (AvgIpc) is 3.12. The molecule has 22 heavy (non-hydrogen) atoms. The number of amides is 1. The zero-order chi connectivity index (χ0) is 15.7. The van der Waals surface area contributed by atoms with Gasteiger partial charge in [-0.25, -0.2) is 14.2 Å². The summed E-state index contributed by atoms with van der Waals surface area (Å²) in [5.74, 6) is -1.87. The summed E-state index contributed by atoms with van der Waals surface area (Å²) in [6.07, 6.45) is -0.484. The molecule has 0 aliphatic carbocycles. The standard InChI is InChI=1S/C14H11FN2O4S/c15-8-3-1-2-7-4-10(21-12(7)8)13(18)16-5-11-17-9(6-22-11)14(19)20/h1-3,6,10H,4-5H2,(H,16,18)(H,19,20)/t10-/m1/s1. The van der Waals surface area contributed by atoms with Gasteiger partial charge in [-0.15, -0.1) is 11.3 Å². The van der Waals surface area contributed by atoms with Crippen LogP contribution in [0.2, 0.25) is 0 Å². The predicted octanol–water partition coefficient (Wildman–Crippen LogP) is 1.60. The van der Waals surface area contributed by atoms with E-state index in [1.54, 1.807) is 12.1 Å². The fraction of sp³-hybridized carbons (Fsp3) is 0.214. The minimum absolute atomic E-state index is 0.0548. The fourth-order valence-electron chi connectivity index (χ4n) is 2.14. The SMILES string of the molecule is O=C(O)c1csc(CNC(=O)[C@H]2Cc3cccc(F)c3O2)n1. The van der Waals surface area contributed by atoms with Gasteiger partial charge in [0.25, 0.3) is 5.91 Å². The third-order valence-corrected chi connectivity index (χ3v) is 4.04. The van der Waals surface area contributed by atoms with Crippen molar-refractivity contribution in [1.82, 2.24) is 10.3 Å². The summed E-state index contributed by atoms with van der Waals surface area (Å²) in [6, 6.07) is 4.56. The van der Waals surface area contributed by atoms with Crippen molar-refractivity contribution in [2.24, 2.45) is 0 Å². The molecule has 0 saturated carbocycles. The lowest BCUT2D eigenvalue weighted by Gasteiger charge is -2.10. The lowest BCUT2D eigenvalue weighted by molar-refractivity contribution is -0.127. The van der Waals surface area contributed by atoms with Crippen molar-refractivity contribution in [2.45, 2.75) is 19.1 Å². The van der Waals surface area contributed by atoms with E-state index in [-0.39, 0.29) is 23.9 Å². The van der Waals surface area contributed by atoms with Gasteiger partial charge in [-0.05, 0) is 6.07 Å². The van der Waals surface area contributed by atoms with Gasteiger partial charge >= 0.3 is 5.97 Å². The Balaban J connectivity index is 1.59. The van der Waals surface area contributed by atoms with E-state index >= 15 is 0 Å². The van der Waals surface area contributed by atoms with Gasteiger partial charge in [0.15, 0.2) is 23.4 Å². The van der Waals surface area contributed by atoms with Crippen molar-refractivity contribution in [3.8, 4) is 5.75 Å². The lowest BCUT2D eigenvalue weighted by atomic mass is 10.1. The average molecular weight is 322 g/mol. The number of para-hydroxylation sites is 1. The van der Waals surface area contributed by atoms with Gasteiger partial charge in [0.05, 0.1) is 6.54 Å². The number of hydrogen-bond acceptors (Lipinski definition) is 5. The number of carbonyl (C=O) groups excluding carboxylic acids is 1. The fourth-order valence-corrected chi connectivity index (χ4v) is 2.85. The first-order chi connectivity index (χ1) is 10.5. The van der Waals surface area contributed by atoms with Crippen molar-refractivity contribution >= 4 is 23.2 Å². The Hall–Kier alpha value is -2.48. The van der Waals surface area contributed by atoms with Crippen LogP contribution >= 0.6 is 11.3 Å². The Morgan fingerprint density at radius 1 is 1.50 bits per heavy atom. The number of carboxylic acids is 1. The van der Waals surface area contributed by atoms with Crippen molar-refractivity contribution in [3.63, 3.8) is 0 Å². The van der Waals surface area contributed by atoms with Crippen LogP contribution in [-0.4, -0.2) is 28.1 Å². The molecule has 0 saturated heterocycles. The van der Waals surface area contributed by atoms with Crippen LogP contribution < -0.4 is 10.1 Å². The molecule has 6 nitrogen and oxygen atoms in total. The number of nitrogens with one attached hydrogen (secondary N) is 1. The topological polar surface area (TPSA) is 88.5 Å².